The molecule has 1 atom stereocenters. The fourth-order valence-corrected chi connectivity index (χ4v) is 2.82. The van der Waals surface area contributed by atoms with E-state index in [4.69, 9.17) is 17.3 Å². The van der Waals surface area contributed by atoms with Crippen molar-refractivity contribution in [2.24, 2.45) is 5.73 Å². The normalized spacial score (nSPS) is 12.5. The Bertz CT molecular complexity index is 762. The van der Waals surface area contributed by atoms with Gasteiger partial charge in [-0.25, -0.2) is 0 Å². The van der Waals surface area contributed by atoms with Gasteiger partial charge in [-0.3, -0.25) is 9.59 Å². The van der Waals surface area contributed by atoms with E-state index in [1.165, 1.54) is 5.56 Å². The number of nitrogens with two attached hydrogens (primary N) is 1. The lowest BCUT2D eigenvalue weighted by atomic mass is 9.84. The summed E-state index contributed by atoms with van der Waals surface area (Å²) < 4.78 is 0. The topological polar surface area (TPSA) is 72.2 Å². The molecule has 5 heteroatoms. The molecule has 0 aromatic heterocycles. The molecule has 0 aliphatic rings. The number of rotatable bonds is 6. The van der Waals surface area contributed by atoms with Crippen molar-refractivity contribution in [3.63, 3.8) is 0 Å². The number of nitrogens with one attached hydrogen (secondary N) is 1. The zero-order valence-corrected chi connectivity index (χ0v) is 16.1. The summed E-state index contributed by atoms with van der Waals surface area (Å²) in [6.45, 7) is 6.45. The van der Waals surface area contributed by atoms with Crippen LogP contribution in [0, 0.1) is 0 Å². The van der Waals surface area contributed by atoms with Crippen molar-refractivity contribution in [2.75, 3.05) is 11.2 Å². The van der Waals surface area contributed by atoms with E-state index in [1.807, 2.05) is 24.3 Å². The Morgan fingerprint density at radius 1 is 1.04 bits per heavy atom. The molecule has 0 radical (unpaired) electrons. The van der Waals surface area contributed by atoms with Gasteiger partial charge in [-0.2, -0.15) is 0 Å². The van der Waals surface area contributed by atoms with Gasteiger partial charge in [0.2, 0.25) is 11.8 Å². The fraction of sp³-hybridized carbons (Fsp3) is 0.333. The third-order valence-electron chi connectivity index (χ3n) is 4.32. The second-order valence-corrected chi connectivity index (χ2v) is 7.68. The molecule has 3 N–H and O–H groups in total. The highest BCUT2D eigenvalue weighted by Gasteiger charge is 2.20. The summed E-state index contributed by atoms with van der Waals surface area (Å²) in [6.07, 6.45) is 0.508. The van der Waals surface area contributed by atoms with Crippen molar-refractivity contribution in [1.29, 1.82) is 0 Å². The number of anilines is 1. The van der Waals surface area contributed by atoms with Gasteiger partial charge in [-0.05, 0) is 40.7 Å². The molecule has 26 heavy (non-hydrogen) atoms. The first-order valence-electron chi connectivity index (χ1n) is 8.55. The minimum absolute atomic E-state index is 0.0596. The Balaban J connectivity index is 2.15. The van der Waals surface area contributed by atoms with Crippen LogP contribution in [0.2, 0.25) is 0 Å². The summed E-state index contributed by atoms with van der Waals surface area (Å²) in [7, 11) is 0. The van der Waals surface area contributed by atoms with Crippen LogP contribution in [0.4, 0.5) is 5.69 Å². The summed E-state index contributed by atoms with van der Waals surface area (Å²) in [4.78, 5) is 23.3. The van der Waals surface area contributed by atoms with Gasteiger partial charge in [0.05, 0.1) is 5.92 Å². The van der Waals surface area contributed by atoms with Crippen molar-refractivity contribution >= 4 is 29.1 Å². The van der Waals surface area contributed by atoms with E-state index < -0.39 is 5.92 Å². The Kier molecular flexibility index (Phi) is 6.43. The van der Waals surface area contributed by atoms with Crippen LogP contribution in [0.3, 0.4) is 0 Å². The maximum atomic E-state index is 12.0. The number of primary amides is 1. The second kappa shape index (κ2) is 8.37. The third kappa shape index (κ3) is 5.33. The van der Waals surface area contributed by atoms with E-state index in [-0.39, 0.29) is 23.1 Å². The highest BCUT2D eigenvalue weighted by Crippen LogP contribution is 2.26. The van der Waals surface area contributed by atoms with Gasteiger partial charge in [-0.15, -0.1) is 11.6 Å². The quantitative estimate of drug-likeness (QED) is 0.753. The van der Waals surface area contributed by atoms with E-state index in [1.54, 1.807) is 12.1 Å². The molecule has 2 aromatic rings. The number of halogens is 1. The summed E-state index contributed by atoms with van der Waals surface area (Å²) >= 11 is 5.48. The Morgan fingerprint density at radius 2 is 1.62 bits per heavy atom. The zero-order valence-electron chi connectivity index (χ0n) is 15.4. The number of hydrogen-bond donors (Lipinski definition) is 2. The molecule has 0 fully saturated rings. The predicted octanol–water partition coefficient (Wildman–Crippen LogP) is 3.97. The molecule has 0 aliphatic heterocycles. The highest BCUT2D eigenvalue weighted by molar-refractivity contribution is 6.29. The summed E-state index contributed by atoms with van der Waals surface area (Å²) in [5.74, 6) is -1.09. The molecule has 0 spiro atoms. The van der Waals surface area contributed by atoms with Crippen molar-refractivity contribution < 1.29 is 9.59 Å². The Morgan fingerprint density at radius 3 is 2.08 bits per heavy atom. The number of hydrogen-bond acceptors (Lipinski definition) is 2. The molecular weight excluding hydrogens is 348 g/mol. The standard InChI is InChI=1S/C21H25ClN2O2/c1-21(2,3)16-8-6-15(7-9-16)18(20(23)26)12-14-4-10-17(11-5-14)24-19(25)13-22/h4-11,18H,12-13H2,1-3H3,(H2,23,26)(H,24,25). The van der Waals surface area contributed by atoms with Gasteiger partial charge in [0.15, 0.2) is 0 Å². The number of carbonyl (C=O) groups is 2. The zero-order chi connectivity index (χ0) is 19.3. The predicted molar refractivity (Wildman–Crippen MR) is 107 cm³/mol. The SMILES string of the molecule is CC(C)(C)c1ccc(C(Cc2ccc(NC(=O)CCl)cc2)C(N)=O)cc1. The largest absolute Gasteiger partial charge is 0.369 e. The van der Waals surface area contributed by atoms with Gasteiger partial charge in [0, 0.05) is 5.69 Å². The molecule has 1 unspecified atom stereocenters. The average Bonchev–Trinajstić information content (AvgIpc) is 2.60. The number of amides is 2. The molecule has 0 saturated carbocycles. The minimum Gasteiger partial charge on any atom is -0.369 e. The number of carbonyl (C=O) groups excluding carboxylic acids is 2. The first kappa shape index (κ1) is 20.0. The maximum absolute atomic E-state index is 12.0. The lowest BCUT2D eigenvalue weighted by Gasteiger charge is -2.20. The van der Waals surface area contributed by atoms with Gasteiger partial charge < -0.3 is 11.1 Å². The Hall–Kier alpha value is -2.33. The van der Waals surface area contributed by atoms with E-state index in [0.717, 1.165) is 11.1 Å². The highest BCUT2D eigenvalue weighted by atomic mass is 35.5. The minimum atomic E-state index is -0.396. The summed E-state index contributed by atoms with van der Waals surface area (Å²) in [6, 6.07) is 15.4. The maximum Gasteiger partial charge on any atom is 0.239 e. The molecule has 138 valence electrons. The molecular formula is C21H25ClN2O2. The van der Waals surface area contributed by atoms with Crippen LogP contribution in [0.25, 0.3) is 0 Å². The van der Waals surface area contributed by atoms with Crippen LogP contribution in [0.5, 0.6) is 0 Å². The molecule has 0 bridgehead atoms. The van der Waals surface area contributed by atoms with Crippen LogP contribution >= 0.6 is 11.6 Å². The third-order valence-corrected chi connectivity index (χ3v) is 4.56. The van der Waals surface area contributed by atoms with E-state index in [9.17, 15) is 9.59 Å². The lowest BCUT2D eigenvalue weighted by molar-refractivity contribution is -0.119. The van der Waals surface area contributed by atoms with E-state index in [2.05, 4.69) is 38.2 Å². The van der Waals surface area contributed by atoms with Crippen LogP contribution < -0.4 is 11.1 Å². The average molecular weight is 373 g/mol. The molecule has 2 rings (SSSR count). The molecule has 0 saturated heterocycles. The first-order valence-corrected chi connectivity index (χ1v) is 9.08. The molecule has 4 nitrogen and oxygen atoms in total. The molecule has 2 aromatic carbocycles. The number of alkyl halides is 1. The van der Waals surface area contributed by atoms with Gasteiger partial charge >= 0.3 is 0 Å². The monoisotopic (exact) mass is 372 g/mol. The molecule has 0 heterocycles. The summed E-state index contributed by atoms with van der Waals surface area (Å²) in [5, 5.41) is 2.68. The van der Waals surface area contributed by atoms with Crippen LogP contribution in [-0.2, 0) is 21.4 Å². The fourth-order valence-electron chi connectivity index (χ4n) is 2.75. The first-order chi connectivity index (χ1) is 12.2. The van der Waals surface area contributed by atoms with E-state index in [0.29, 0.717) is 12.1 Å². The lowest BCUT2D eigenvalue weighted by Crippen LogP contribution is -2.23. The van der Waals surface area contributed by atoms with Crippen LogP contribution in [-0.4, -0.2) is 17.7 Å². The summed E-state index contributed by atoms with van der Waals surface area (Å²) in [5.41, 5.74) is 9.46. The van der Waals surface area contributed by atoms with Crippen LogP contribution in [0.1, 0.15) is 43.4 Å². The smallest absolute Gasteiger partial charge is 0.239 e. The van der Waals surface area contributed by atoms with Gasteiger partial charge in [-0.1, -0.05) is 57.2 Å². The van der Waals surface area contributed by atoms with Crippen molar-refractivity contribution in [3.05, 3.63) is 65.2 Å². The number of benzene rings is 2. The van der Waals surface area contributed by atoms with Gasteiger partial charge in [0.25, 0.3) is 0 Å². The van der Waals surface area contributed by atoms with Crippen LogP contribution in [0.15, 0.2) is 48.5 Å². The van der Waals surface area contributed by atoms with Gasteiger partial charge in [0.1, 0.15) is 5.88 Å². The van der Waals surface area contributed by atoms with Crippen molar-refractivity contribution in [3.8, 4) is 0 Å². The molecule has 0 aliphatic carbocycles. The van der Waals surface area contributed by atoms with E-state index >= 15 is 0 Å². The van der Waals surface area contributed by atoms with Crippen molar-refractivity contribution in [2.45, 2.75) is 38.5 Å². The van der Waals surface area contributed by atoms with Crippen molar-refractivity contribution in [1.82, 2.24) is 0 Å². The molecule has 2 amide bonds. The Labute approximate surface area is 159 Å². The second-order valence-electron chi connectivity index (χ2n) is 7.41.